The van der Waals surface area contributed by atoms with Crippen molar-refractivity contribution in [2.24, 2.45) is 0 Å². The van der Waals surface area contributed by atoms with Crippen molar-refractivity contribution in [1.29, 1.82) is 0 Å². The van der Waals surface area contributed by atoms with Crippen molar-refractivity contribution in [3.63, 3.8) is 0 Å². The second-order valence-electron chi connectivity index (χ2n) is 15.0. The summed E-state index contributed by atoms with van der Waals surface area (Å²) < 4.78 is 56.3. The quantitative estimate of drug-likeness (QED) is 0.0617. The van der Waals surface area contributed by atoms with Crippen molar-refractivity contribution in [2.45, 2.75) is 69.0 Å². The van der Waals surface area contributed by atoms with Gasteiger partial charge in [-0.2, -0.15) is 0 Å². The SMILES string of the molecule is COc1ccc(C(Nc2ncnc3c2ncn3[C@@H]2O[C@H](/C=C/P(=O)(OC)OC)[C@@H](OC)[C@H]2O[Si](C)(C)C(C)(C)C)(c2ccccc2)c2ccc(OC)cc2)cc1. The van der Waals surface area contributed by atoms with Crippen molar-refractivity contribution in [1.82, 2.24) is 19.5 Å². The zero-order chi connectivity index (χ0) is 40.3. The van der Waals surface area contributed by atoms with Gasteiger partial charge in [-0.3, -0.25) is 9.13 Å². The summed E-state index contributed by atoms with van der Waals surface area (Å²) >= 11 is 0. The number of nitrogens with one attached hydrogen (secondary N) is 1. The molecule has 0 bridgehead atoms. The first-order chi connectivity index (χ1) is 26.7. The molecule has 5 aromatic rings. The number of anilines is 1. The van der Waals surface area contributed by atoms with Gasteiger partial charge in [0.2, 0.25) is 0 Å². The van der Waals surface area contributed by atoms with E-state index in [1.807, 2.05) is 71.3 Å². The smallest absolute Gasteiger partial charge is 0.353 e. The Morgan fingerprint density at radius 2 is 1.36 bits per heavy atom. The van der Waals surface area contributed by atoms with E-state index in [1.165, 1.54) is 26.4 Å². The Kier molecular flexibility index (Phi) is 12.2. The summed E-state index contributed by atoms with van der Waals surface area (Å²) in [6, 6.07) is 26.1. The second kappa shape index (κ2) is 16.6. The van der Waals surface area contributed by atoms with Crippen molar-refractivity contribution in [3.05, 3.63) is 120 Å². The van der Waals surface area contributed by atoms with Gasteiger partial charge in [0, 0.05) is 27.1 Å². The van der Waals surface area contributed by atoms with Crippen LogP contribution in [-0.4, -0.2) is 81.7 Å². The molecule has 1 aliphatic heterocycles. The number of hydrogen-bond acceptors (Lipinski definition) is 12. The fourth-order valence-electron chi connectivity index (χ4n) is 6.73. The van der Waals surface area contributed by atoms with Gasteiger partial charge < -0.3 is 37.7 Å². The molecule has 3 heterocycles. The normalized spacial score (nSPS) is 19.5. The lowest BCUT2D eigenvalue weighted by molar-refractivity contribution is -0.0204. The molecular formula is C41H52N5O8PSi. The maximum absolute atomic E-state index is 13.0. The number of benzene rings is 3. The van der Waals surface area contributed by atoms with Gasteiger partial charge in [-0.1, -0.05) is 75.4 Å². The topological polar surface area (TPSA) is 137 Å². The molecule has 56 heavy (non-hydrogen) atoms. The first kappa shape index (κ1) is 41.2. The van der Waals surface area contributed by atoms with Gasteiger partial charge in [-0.15, -0.1) is 0 Å². The molecule has 3 aromatic carbocycles. The molecule has 1 aliphatic rings. The Morgan fingerprint density at radius 3 is 1.88 bits per heavy atom. The maximum Gasteiger partial charge on any atom is 0.353 e. The van der Waals surface area contributed by atoms with E-state index >= 15 is 0 Å². The number of rotatable bonds is 15. The minimum atomic E-state index is -3.50. The lowest BCUT2D eigenvalue weighted by Crippen LogP contribution is -2.49. The number of methoxy groups -OCH3 is 3. The Hall–Kier alpha value is -4.40. The van der Waals surface area contributed by atoms with E-state index < -0.39 is 46.0 Å². The monoisotopic (exact) mass is 801 g/mol. The molecule has 15 heteroatoms. The van der Waals surface area contributed by atoms with Crippen LogP contribution in [0.1, 0.15) is 43.7 Å². The second-order valence-corrected chi connectivity index (χ2v) is 21.9. The predicted molar refractivity (Wildman–Crippen MR) is 219 cm³/mol. The van der Waals surface area contributed by atoms with Gasteiger partial charge in [0.05, 0.1) is 20.5 Å². The number of aromatic nitrogens is 4. The standard InChI is InChI=1S/C41H52N5O8PSi/c1-40(2,3)56(9,10)54-36-35(50-6)33(24-25-55(47,51-7)52-8)53-39(36)46-27-44-34-37(42-26-43-38(34)46)45-41(28-14-12-11-13-15-28,29-16-20-31(48-4)21-17-29)30-18-22-32(49-5)23-19-30/h11-27,33,35-36,39H,1-10H3,(H,42,43,45)/b25-24+/t33-,35-,36-,39-/m1/s1. The van der Waals surface area contributed by atoms with E-state index in [2.05, 4.69) is 51.3 Å². The molecule has 0 radical (unpaired) electrons. The first-order valence-corrected chi connectivity index (χ1v) is 22.8. The molecule has 1 N–H and O–H groups in total. The summed E-state index contributed by atoms with van der Waals surface area (Å²) in [5, 5.41) is 3.72. The van der Waals surface area contributed by atoms with Crippen molar-refractivity contribution < 1.29 is 37.0 Å². The third kappa shape index (κ3) is 7.92. The minimum absolute atomic E-state index is 0.120. The summed E-state index contributed by atoms with van der Waals surface area (Å²) in [7, 11) is 1.68. The van der Waals surface area contributed by atoms with Crippen molar-refractivity contribution in [2.75, 3.05) is 40.9 Å². The highest BCUT2D eigenvalue weighted by Gasteiger charge is 2.51. The molecule has 0 unspecified atom stereocenters. The van der Waals surface area contributed by atoms with Gasteiger partial charge in [0.15, 0.2) is 31.5 Å². The molecule has 0 amide bonds. The van der Waals surface area contributed by atoms with Crippen LogP contribution < -0.4 is 14.8 Å². The molecule has 0 spiro atoms. The Morgan fingerprint density at radius 1 is 0.786 bits per heavy atom. The van der Waals surface area contributed by atoms with Crippen LogP contribution in [-0.2, 0) is 33.1 Å². The van der Waals surface area contributed by atoms with E-state index in [-0.39, 0.29) is 5.04 Å². The molecule has 1 fully saturated rings. The van der Waals surface area contributed by atoms with Crippen LogP contribution in [0, 0.1) is 0 Å². The first-order valence-electron chi connectivity index (χ1n) is 18.3. The maximum atomic E-state index is 13.0. The van der Waals surface area contributed by atoms with E-state index in [4.69, 9.17) is 47.4 Å². The third-order valence-corrected chi connectivity index (χ3v) is 16.9. The van der Waals surface area contributed by atoms with Gasteiger partial charge in [0.1, 0.15) is 41.7 Å². The van der Waals surface area contributed by atoms with E-state index in [9.17, 15) is 4.57 Å². The van der Waals surface area contributed by atoms with Crippen molar-refractivity contribution in [3.8, 4) is 11.5 Å². The van der Waals surface area contributed by atoms with Crippen LogP contribution in [0.3, 0.4) is 0 Å². The molecule has 0 aliphatic carbocycles. The number of fused-ring (bicyclic) bond motifs is 1. The lowest BCUT2D eigenvalue weighted by atomic mass is 9.77. The molecule has 2 aromatic heterocycles. The zero-order valence-electron chi connectivity index (χ0n) is 33.6. The molecule has 13 nitrogen and oxygen atoms in total. The molecule has 1 saturated heterocycles. The highest BCUT2D eigenvalue weighted by molar-refractivity contribution is 7.57. The van der Waals surface area contributed by atoms with E-state index in [0.29, 0.717) is 17.0 Å². The van der Waals surface area contributed by atoms with Crippen LogP contribution in [0.2, 0.25) is 18.1 Å². The van der Waals surface area contributed by atoms with E-state index in [1.54, 1.807) is 33.7 Å². The Bertz CT molecular complexity index is 2100. The molecule has 6 rings (SSSR count). The van der Waals surface area contributed by atoms with Crippen LogP contribution >= 0.6 is 7.60 Å². The summed E-state index contributed by atoms with van der Waals surface area (Å²) in [4.78, 5) is 14.5. The van der Waals surface area contributed by atoms with Crippen LogP contribution in [0.15, 0.2) is 103 Å². The van der Waals surface area contributed by atoms with Crippen LogP contribution in [0.5, 0.6) is 11.5 Å². The Labute approximate surface area is 330 Å². The Balaban J connectivity index is 1.51. The zero-order valence-corrected chi connectivity index (χ0v) is 35.5. The molecular weight excluding hydrogens is 750 g/mol. The largest absolute Gasteiger partial charge is 0.497 e. The summed E-state index contributed by atoms with van der Waals surface area (Å²) in [6.07, 6.45) is 2.28. The molecule has 4 atom stereocenters. The molecule has 0 saturated carbocycles. The number of hydrogen-bond donors (Lipinski definition) is 1. The molecule has 298 valence electrons. The summed E-state index contributed by atoms with van der Waals surface area (Å²) in [5.74, 6) is 3.35. The van der Waals surface area contributed by atoms with Gasteiger partial charge in [-0.25, -0.2) is 15.0 Å². The van der Waals surface area contributed by atoms with Crippen molar-refractivity contribution >= 4 is 32.9 Å². The average molecular weight is 802 g/mol. The predicted octanol–water partition coefficient (Wildman–Crippen LogP) is 8.55. The fraction of sp³-hybridized carbons (Fsp3) is 0.390. The fourth-order valence-corrected chi connectivity index (χ4v) is 8.79. The summed E-state index contributed by atoms with van der Waals surface area (Å²) in [6.45, 7) is 10.9. The van der Waals surface area contributed by atoms with E-state index in [0.717, 1.165) is 28.2 Å². The van der Waals surface area contributed by atoms with Gasteiger partial charge in [-0.05, 0) is 65.2 Å². The third-order valence-electron chi connectivity index (χ3n) is 10.9. The highest BCUT2D eigenvalue weighted by atomic mass is 31.2. The van der Waals surface area contributed by atoms with Crippen LogP contribution in [0.4, 0.5) is 5.82 Å². The number of nitrogens with zero attached hydrogens (tertiary/aromatic N) is 4. The lowest BCUT2D eigenvalue weighted by Gasteiger charge is -2.40. The number of ether oxygens (including phenoxy) is 4. The average Bonchev–Trinajstić information content (AvgIpc) is 3.80. The van der Waals surface area contributed by atoms with Gasteiger partial charge in [0.25, 0.3) is 0 Å². The highest BCUT2D eigenvalue weighted by Crippen LogP contribution is 2.50. The van der Waals surface area contributed by atoms with Crippen LogP contribution in [0.25, 0.3) is 11.2 Å². The summed E-state index contributed by atoms with van der Waals surface area (Å²) in [5.41, 5.74) is 2.90. The minimum Gasteiger partial charge on any atom is -0.497 e. The van der Waals surface area contributed by atoms with Gasteiger partial charge >= 0.3 is 7.60 Å². The number of imidazole rings is 1.